The van der Waals surface area contributed by atoms with Crippen molar-refractivity contribution in [3.63, 3.8) is 0 Å². The second kappa shape index (κ2) is 7.44. The molecule has 1 fully saturated rings. The van der Waals surface area contributed by atoms with Crippen LogP contribution in [0.3, 0.4) is 0 Å². The number of hydrazine groups is 1. The summed E-state index contributed by atoms with van der Waals surface area (Å²) in [4.78, 5) is 8.53. The van der Waals surface area contributed by atoms with Crippen LogP contribution in [0, 0.1) is 0 Å². The number of amidine groups is 1. The SMILES string of the molecule is c1csc(C2=Nc3ccccc3CN2NCCN2CCOCC2)c1. The molecule has 0 amide bonds. The second-order valence-corrected chi connectivity index (χ2v) is 6.94. The number of hydrogen-bond donors (Lipinski definition) is 1. The summed E-state index contributed by atoms with van der Waals surface area (Å²) in [6.45, 7) is 6.52. The zero-order chi connectivity index (χ0) is 16.2. The van der Waals surface area contributed by atoms with Crippen molar-refractivity contribution >= 4 is 22.9 Å². The van der Waals surface area contributed by atoms with Crippen molar-refractivity contribution in [2.24, 2.45) is 4.99 Å². The predicted molar refractivity (Wildman–Crippen MR) is 97.8 cm³/mol. The first-order valence-electron chi connectivity index (χ1n) is 8.42. The van der Waals surface area contributed by atoms with E-state index in [1.165, 1.54) is 10.4 Å². The largest absolute Gasteiger partial charge is 0.379 e. The fourth-order valence-corrected chi connectivity index (χ4v) is 3.79. The summed E-state index contributed by atoms with van der Waals surface area (Å²) < 4.78 is 5.41. The number of benzene rings is 1. The molecule has 1 N–H and O–H groups in total. The highest BCUT2D eigenvalue weighted by molar-refractivity contribution is 7.12. The van der Waals surface area contributed by atoms with Gasteiger partial charge >= 0.3 is 0 Å². The van der Waals surface area contributed by atoms with Crippen LogP contribution in [0.25, 0.3) is 0 Å². The van der Waals surface area contributed by atoms with Crippen LogP contribution in [0.4, 0.5) is 5.69 Å². The number of nitrogens with zero attached hydrogens (tertiary/aromatic N) is 3. The molecule has 126 valence electrons. The summed E-state index contributed by atoms with van der Waals surface area (Å²) in [5.41, 5.74) is 5.91. The van der Waals surface area contributed by atoms with Gasteiger partial charge in [0.15, 0.2) is 5.84 Å². The van der Waals surface area contributed by atoms with Crippen molar-refractivity contribution in [1.29, 1.82) is 0 Å². The number of nitrogens with one attached hydrogen (secondary N) is 1. The molecule has 0 bridgehead atoms. The lowest BCUT2D eigenvalue weighted by molar-refractivity contribution is 0.0366. The number of rotatable bonds is 5. The Bertz CT molecular complexity index is 695. The Hall–Kier alpha value is -1.73. The summed E-state index contributed by atoms with van der Waals surface area (Å²) in [6, 6.07) is 12.6. The highest BCUT2D eigenvalue weighted by Gasteiger charge is 2.21. The Morgan fingerprint density at radius 1 is 1.12 bits per heavy atom. The third kappa shape index (κ3) is 3.52. The third-order valence-electron chi connectivity index (χ3n) is 4.38. The van der Waals surface area contributed by atoms with Crippen molar-refractivity contribution < 1.29 is 4.74 Å². The number of aliphatic imine (C=N–C) groups is 1. The van der Waals surface area contributed by atoms with Gasteiger partial charge in [0.2, 0.25) is 0 Å². The normalized spacial score (nSPS) is 18.3. The van der Waals surface area contributed by atoms with Gasteiger partial charge in [0.25, 0.3) is 0 Å². The Kier molecular flexibility index (Phi) is 4.89. The molecule has 0 aliphatic carbocycles. The van der Waals surface area contributed by atoms with E-state index in [1.54, 1.807) is 11.3 Å². The van der Waals surface area contributed by atoms with Gasteiger partial charge in [-0.2, -0.15) is 0 Å². The van der Waals surface area contributed by atoms with Crippen LogP contribution >= 0.6 is 11.3 Å². The number of morpholine rings is 1. The molecule has 0 spiro atoms. The lowest BCUT2D eigenvalue weighted by Gasteiger charge is -2.32. The van der Waals surface area contributed by atoms with E-state index in [4.69, 9.17) is 9.73 Å². The van der Waals surface area contributed by atoms with Crippen molar-refractivity contribution in [1.82, 2.24) is 15.3 Å². The van der Waals surface area contributed by atoms with Gasteiger partial charge in [-0.1, -0.05) is 24.3 Å². The Balaban J connectivity index is 1.46. The van der Waals surface area contributed by atoms with E-state index in [-0.39, 0.29) is 0 Å². The molecule has 2 aliphatic heterocycles. The maximum atomic E-state index is 5.41. The number of thiophene rings is 1. The smallest absolute Gasteiger partial charge is 0.161 e. The van der Waals surface area contributed by atoms with E-state index in [2.05, 4.69) is 57.1 Å². The minimum atomic E-state index is 0.843. The van der Waals surface area contributed by atoms with Crippen LogP contribution in [0.15, 0.2) is 46.8 Å². The van der Waals surface area contributed by atoms with Crippen LogP contribution in [0.1, 0.15) is 10.4 Å². The molecule has 1 saturated heterocycles. The minimum Gasteiger partial charge on any atom is -0.379 e. The van der Waals surface area contributed by atoms with E-state index in [0.717, 1.165) is 57.5 Å². The third-order valence-corrected chi connectivity index (χ3v) is 5.24. The monoisotopic (exact) mass is 342 g/mol. The van der Waals surface area contributed by atoms with E-state index in [0.29, 0.717) is 0 Å². The minimum absolute atomic E-state index is 0.843. The summed E-state index contributed by atoms with van der Waals surface area (Å²) in [7, 11) is 0. The van der Waals surface area contributed by atoms with Crippen LogP contribution in [0.5, 0.6) is 0 Å². The molecule has 3 heterocycles. The molecule has 0 saturated carbocycles. The molecule has 0 atom stereocenters. The highest BCUT2D eigenvalue weighted by Crippen LogP contribution is 2.28. The fourth-order valence-electron chi connectivity index (χ4n) is 3.07. The van der Waals surface area contributed by atoms with Gasteiger partial charge in [-0.25, -0.2) is 10.4 Å². The predicted octanol–water partition coefficient (Wildman–Crippen LogP) is 2.48. The topological polar surface area (TPSA) is 40.1 Å². The summed E-state index contributed by atoms with van der Waals surface area (Å²) >= 11 is 1.73. The quantitative estimate of drug-likeness (QED) is 0.906. The Morgan fingerprint density at radius 2 is 2.00 bits per heavy atom. The van der Waals surface area contributed by atoms with Crippen molar-refractivity contribution in [2.75, 3.05) is 39.4 Å². The van der Waals surface area contributed by atoms with Crippen molar-refractivity contribution in [2.45, 2.75) is 6.54 Å². The standard InChI is InChI=1S/C18H22N4OS/c1-2-5-16-15(4-1)14-22(18(20-16)17-6-3-13-24-17)19-7-8-21-9-11-23-12-10-21/h1-6,13,19H,7-12,14H2. The van der Waals surface area contributed by atoms with Gasteiger partial charge in [0.1, 0.15) is 0 Å². The Labute approximate surface area is 146 Å². The number of fused-ring (bicyclic) bond motifs is 1. The molecule has 0 unspecified atom stereocenters. The summed E-state index contributed by atoms with van der Waals surface area (Å²) in [6.07, 6.45) is 0. The lowest BCUT2D eigenvalue weighted by atomic mass is 10.1. The number of hydrogen-bond acceptors (Lipinski definition) is 6. The van der Waals surface area contributed by atoms with Gasteiger partial charge in [-0.3, -0.25) is 9.91 Å². The molecule has 4 rings (SSSR count). The maximum absolute atomic E-state index is 5.41. The molecule has 1 aromatic carbocycles. The molecular formula is C18H22N4OS. The van der Waals surface area contributed by atoms with E-state index >= 15 is 0 Å². The first-order valence-corrected chi connectivity index (χ1v) is 9.30. The van der Waals surface area contributed by atoms with Crippen LogP contribution in [0.2, 0.25) is 0 Å². The van der Waals surface area contributed by atoms with Crippen LogP contribution < -0.4 is 5.43 Å². The van der Waals surface area contributed by atoms with E-state index in [1.807, 2.05) is 0 Å². The molecule has 6 heteroatoms. The average molecular weight is 342 g/mol. The molecule has 2 aliphatic rings. The van der Waals surface area contributed by atoms with Crippen molar-refractivity contribution in [3.05, 3.63) is 52.2 Å². The van der Waals surface area contributed by atoms with E-state index < -0.39 is 0 Å². The lowest BCUT2D eigenvalue weighted by Crippen LogP contribution is -2.48. The van der Waals surface area contributed by atoms with Gasteiger partial charge in [0.05, 0.1) is 30.3 Å². The number of para-hydroxylation sites is 1. The van der Waals surface area contributed by atoms with Crippen LogP contribution in [-0.4, -0.2) is 55.1 Å². The Morgan fingerprint density at radius 3 is 2.83 bits per heavy atom. The average Bonchev–Trinajstić information content (AvgIpc) is 3.16. The molecular weight excluding hydrogens is 320 g/mol. The maximum Gasteiger partial charge on any atom is 0.161 e. The first-order chi connectivity index (χ1) is 11.9. The first kappa shape index (κ1) is 15.8. The molecule has 2 aromatic rings. The molecule has 1 aromatic heterocycles. The highest BCUT2D eigenvalue weighted by atomic mass is 32.1. The van der Waals surface area contributed by atoms with Crippen molar-refractivity contribution in [3.8, 4) is 0 Å². The summed E-state index contributed by atoms with van der Waals surface area (Å²) in [5.74, 6) is 1.02. The second-order valence-electron chi connectivity index (χ2n) is 5.99. The van der Waals surface area contributed by atoms with Gasteiger partial charge in [-0.05, 0) is 23.1 Å². The van der Waals surface area contributed by atoms with E-state index in [9.17, 15) is 0 Å². The fraction of sp³-hybridized carbons (Fsp3) is 0.389. The zero-order valence-electron chi connectivity index (χ0n) is 13.6. The summed E-state index contributed by atoms with van der Waals surface area (Å²) in [5, 5.41) is 4.29. The van der Waals surface area contributed by atoms with Gasteiger partial charge in [-0.15, -0.1) is 11.3 Å². The zero-order valence-corrected chi connectivity index (χ0v) is 14.5. The van der Waals surface area contributed by atoms with Crippen LogP contribution in [-0.2, 0) is 11.3 Å². The molecule has 0 radical (unpaired) electrons. The molecule has 5 nitrogen and oxygen atoms in total. The van der Waals surface area contributed by atoms with Gasteiger partial charge < -0.3 is 4.74 Å². The number of ether oxygens (including phenoxy) is 1. The molecule has 24 heavy (non-hydrogen) atoms. The van der Waals surface area contributed by atoms with Gasteiger partial charge in [0, 0.05) is 26.2 Å².